The van der Waals surface area contributed by atoms with Crippen molar-refractivity contribution in [3.8, 4) is 0 Å². The molecule has 0 radical (unpaired) electrons. The molecule has 0 bridgehead atoms. The van der Waals surface area contributed by atoms with Gasteiger partial charge in [0.1, 0.15) is 11.5 Å². The van der Waals surface area contributed by atoms with E-state index in [0.717, 1.165) is 6.07 Å². The van der Waals surface area contributed by atoms with Crippen molar-refractivity contribution in [1.29, 1.82) is 0 Å². The number of aryl methyl sites for hydroxylation is 1. The van der Waals surface area contributed by atoms with Gasteiger partial charge in [0.05, 0.1) is 11.4 Å². The van der Waals surface area contributed by atoms with Crippen molar-refractivity contribution in [3.05, 3.63) is 52.6 Å². The van der Waals surface area contributed by atoms with Gasteiger partial charge in [-0.25, -0.2) is 4.39 Å². The number of ketones is 2. The monoisotopic (exact) mass is 280 g/mol. The third-order valence-corrected chi connectivity index (χ3v) is 2.85. The maximum Gasteiger partial charge on any atom is 0.190 e. The Balaban J connectivity index is 2.12. The van der Waals surface area contributed by atoms with Crippen LogP contribution >= 0.6 is 11.6 Å². The zero-order valence-electron chi connectivity index (χ0n) is 10.1. The van der Waals surface area contributed by atoms with Gasteiger partial charge in [0.25, 0.3) is 0 Å². The Morgan fingerprint density at radius 1 is 1.32 bits per heavy atom. The predicted octanol–water partition coefficient (Wildman–Crippen LogP) is 2.67. The smallest absolute Gasteiger partial charge is 0.190 e. The highest BCUT2D eigenvalue weighted by Crippen LogP contribution is 2.17. The first-order valence-corrected chi connectivity index (χ1v) is 5.86. The van der Waals surface area contributed by atoms with Crippen molar-refractivity contribution in [1.82, 2.24) is 9.78 Å². The topological polar surface area (TPSA) is 52.0 Å². The van der Waals surface area contributed by atoms with Crippen LogP contribution in [0.1, 0.15) is 27.3 Å². The molecule has 4 nitrogen and oxygen atoms in total. The highest BCUT2D eigenvalue weighted by Gasteiger charge is 2.16. The van der Waals surface area contributed by atoms with Gasteiger partial charge >= 0.3 is 0 Å². The van der Waals surface area contributed by atoms with Crippen LogP contribution in [0.15, 0.2) is 30.5 Å². The van der Waals surface area contributed by atoms with Crippen LogP contribution in [0.5, 0.6) is 0 Å². The summed E-state index contributed by atoms with van der Waals surface area (Å²) in [6, 6.07) is 5.15. The summed E-state index contributed by atoms with van der Waals surface area (Å²) in [5, 5.41) is 3.78. The summed E-state index contributed by atoms with van der Waals surface area (Å²) in [7, 11) is 1.68. The highest BCUT2D eigenvalue weighted by atomic mass is 35.5. The Morgan fingerprint density at radius 2 is 2.05 bits per heavy atom. The van der Waals surface area contributed by atoms with Gasteiger partial charge in [-0.05, 0) is 24.3 Å². The van der Waals surface area contributed by atoms with Crippen LogP contribution < -0.4 is 0 Å². The Bertz CT molecular complexity index is 652. The average Bonchev–Trinajstić information content (AvgIpc) is 2.79. The Labute approximate surface area is 113 Å². The van der Waals surface area contributed by atoms with E-state index in [9.17, 15) is 14.0 Å². The molecule has 98 valence electrons. The number of nitrogens with zero attached hydrogens (tertiary/aromatic N) is 2. The minimum absolute atomic E-state index is 0.142. The van der Waals surface area contributed by atoms with E-state index in [1.54, 1.807) is 13.2 Å². The molecule has 6 heteroatoms. The Kier molecular flexibility index (Phi) is 3.76. The van der Waals surface area contributed by atoms with Crippen molar-refractivity contribution >= 4 is 23.2 Å². The molecule has 0 saturated carbocycles. The van der Waals surface area contributed by atoms with E-state index in [2.05, 4.69) is 5.10 Å². The van der Waals surface area contributed by atoms with Crippen LogP contribution in [0.25, 0.3) is 0 Å². The minimum Gasteiger partial charge on any atom is -0.294 e. The molecule has 0 aliphatic carbocycles. The van der Waals surface area contributed by atoms with E-state index in [1.807, 2.05) is 0 Å². The van der Waals surface area contributed by atoms with Gasteiger partial charge in [0, 0.05) is 18.8 Å². The van der Waals surface area contributed by atoms with Crippen LogP contribution in [-0.4, -0.2) is 21.3 Å². The van der Waals surface area contributed by atoms with E-state index >= 15 is 0 Å². The van der Waals surface area contributed by atoms with Crippen LogP contribution in [0.3, 0.4) is 0 Å². The summed E-state index contributed by atoms with van der Waals surface area (Å²) < 4.78 is 14.4. The van der Waals surface area contributed by atoms with E-state index in [4.69, 9.17) is 11.6 Å². The molecule has 0 N–H and O–H groups in total. The highest BCUT2D eigenvalue weighted by molar-refractivity contribution is 6.31. The Morgan fingerprint density at radius 3 is 2.63 bits per heavy atom. The zero-order valence-corrected chi connectivity index (χ0v) is 10.8. The lowest BCUT2D eigenvalue weighted by atomic mass is 10.0. The molecule has 0 atom stereocenters. The molecule has 0 fully saturated rings. The summed E-state index contributed by atoms with van der Waals surface area (Å²) >= 11 is 5.59. The van der Waals surface area contributed by atoms with E-state index in [0.29, 0.717) is 0 Å². The fraction of sp³-hybridized carbons (Fsp3) is 0.154. The summed E-state index contributed by atoms with van der Waals surface area (Å²) in [5.74, 6) is -1.40. The normalized spacial score (nSPS) is 10.5. The number of aromatic nitrogens is 2. The number of hydrogen-bond acceptors (Lipinski definition) is 3. The molecule has 0 spiro atoms. The van der Waals surface area contributed by atoms with Gasteiger partial charge in [-0.15, -0.1) is 0 Å². The van der Waals surface area contributed by atoms with Crippen LogP contribution in [-0.2, 0) is 7.05 Å². The number of carbonyl (C=O) groups excluding carboxylic acids is 2. The third kappa shape index (κ3) is 3.06. The molecular formula is C13H10ClFN2O2. The molecule has 0 amide bonds. The number of benzene rings is 1. The van der Waals surface area contributed by atoms with E-state index in [1.165, 1.54) is 22.9 Å². The molecular weight excluding hydrogens is 271 g/mol. The second-order valence-corrected chi connectivity index (χ2v) is 4.43. The number of hydrogen-bond donors (Lipinski definition) is 0. The maximum absolute atomic E-state index is 13.0. The summed E-state index contributed by atoms with van der Waals surface area (Å²) in [4.78, 5) is 23.7. The van der Waals surface area contributed by atoms with Gasteiger partial charge < -0.3 is 0 Å². The first-order chi connectivity index (χ1) is 8.97. The number of Topliss-reactive ketones (excluding diaryl/α,β-unsaturated/α-hetero) is 2. The summed E-state index contributed by atoms with van der Waals surface area (Å²) in [5.41, 5.74) is 0.430. The zero-order chi connectivity index (χ0) is 14.0. The second kappa shape index (κ2) is 5.32. The number of halogens is 2. The first-order valence-electron chi connectivity index (χ1n) is 5.48. The summed E-state index contributed by atoms with van der Waals surface area (Å²) in [6.07, 6.45) is 1.30. The maximum atomic E-state index is 13.0. The fourth-order valence-corrected chi connectivity index (χ4v) is 1.75. The second-order valence-electron chi connectivity index (χ2n) is 4.03. The van der Waals surface area contributed by atoms with Crippen molar-refractivity contribution in [2.45, 2.75) is 6.42 Å². The van der Waals surface area contributed by atoms with Crippen molar-refractivity contribution in [3.63, 3.8) is 0 Å². The predicted molar refractivity (Wildman–Crippen MR) is 67.9 cm³/mol. The van der Waals surface area contributed by atoms with Crippen LogP contribution in [0.2, 0.25) is 5.02 Å². The molecule has 2 rings (SSSR count). The van der Waals surface area contributed by atoms with Crippen molar-refractivity contribution in [2.24, 2.45) is 7.05 Å². The van der Waals surface area contributed by atoms with Crippen molar-refractivity contribution < 1.29 is 14.0 Å². The van der Waals surface area contributed by atoms with Gasteiger partial charge in [0.15, 0.2) is 11.6 Å². The number of rotatable bonds is 4. The molecule has 19 heavy (non-hydrogen) atoms. The van der Waals surface area contributed by atoms with E-state index < -0.39 is 11.6 Å². The van der Waals surface area contributed by atoms with Gasteiger partial charge in [-0.2, -0.15) is 5.10 Å². The van der Waals surface area contributed by atoms with Crippen LogP contribution in [0, 0.1) is 5.82 Å². The largest absolute Gasteiger partial charge is 0.294 e. The molecule has 0 unspecified atom stereocenters. The summed E-state index contributed by atoms with van der Waals surface area (Å²) in [6.45, 7) is 0. The van der Waals surface area contributed by atoms with Gasteiger partial charge in [-0.1, -0.05) is 11.6 Å². The fourth-order valence-electron chi connectivity index (χ4n) is 1.57. The lowest BCUT2D eigenvalue weighted by Crippen LogP contribution is -2.09. The molecule has 1 heterocycles. The van der Waals surface area contributed by atoms with Gasteiger partial charge in [0.2, 0.25) is 0 Å². The molecule has 1 aromatic heterocycles. The lowest BCUT2D eigenvalue weighted by Gasteiger charge is -2.01. The minimum atomic E-state index is -0.603. The molecule has 0 saturated heterocycles. The molecule has 1 aromatic carbocycles. The van der Waals surface area contributed by atoms with Gasteiger partial charge in [-0.3, -0.25) is 14.3 Å². The third-order valence-electron chi connectivity index (χ3n) is 2.56. The van der Waals surface area contributed by atoms with Crippen LogP contribution in [0.4, 0.5) is 4.39 Å². The van der Waals surface area contributed by atoms with Crippen molar-refractivity contribution in [2.75, 3.05) is 0 Å². The first kappa shape index (κ1) is 13.4. The molecule has 0 aliphatic heterocycles. The quantitative estimate of drug-likeness (QED) is 0.639. The number of carbonyl (C=O) groups is 2. The standard InChI is InChI=1S/C13H10ClFN2O2/c1-17-5-4-11(16-17)13(19)7-12(18)8-2-3-10(15)9(14)6-8/h2-6H,7H2,1H3. The Hall–Kier alpha value is -2.01. The molecule has 0 aliphatic rings. The molecule has 2 aromatic rings. The average molecular weight is 281 g/mol. The lowest BCUT2D eigenvalue weighted by molar-refractivity contribution is 0.0891. The van der Waals surface area contributed by atoms with E-state index in [-0.39, 0.29) is 28.5 Å². The SMILES string of the molecule is Cn1ccc(C(=O)CC(=O)c2ccc(F)c(Cl)c2)n1.